The van der Waals surface area contributed by atoms with Gasteiger partial charge in [0.15, 0.2) is 0 Å². The first-order valence-electron chi connectivity index (χ1n) is 7.39. The summed E-state index contributed by atoms with van der Waals surface area (Å²) in [5, 5.41) is 1.43. The minimum atomic E-state index is -5.44. The number of imide groups is 1. The third-order valence-electron chi connectivity index (χ3n) is 3.77. The molecule has 144 valence electrons. The van der Waals surface area contributed by atoms with E-state index in [1.54, 1.807) is 0 Å². The molecule has 0 bridgehead atoms. The lowest BCUT2D eigenvalue weighted by Gasteiger charge is -2.29. The SMILES string of the molecule is O=C1NC(NS(=O)(=O)c2ccccc2)(C(F)(F)F)C(=O)N1Cc1ccco1. The van der Waals surface area contributed by atoms with Crippen LogP contribution in [0.3, 0.4) is 0 Å². The number of nitrogens with one attached hydrogen (secondary N) is 2. The molecular formula is C15H12F3N3O5S. The number of amides is 3. The van der Waals surface area contributed by atoms with Gasteiger partial charge in [0.25, 0.3) is 11.6 Å². The van der Waals surface area contributed by atoms with E-state index in [4.69, 9.17) is 4.42 Å². The molecule has 27 heavy (non-hydrogen) atoms. The Morgan fingerprint density at radius 1 is 1.11 bits per heavy atom. The van der Waals surface area contributed by atoms with Gasteiger partial charge in [-0.2, -0.15) is 17.9 Å². The van der Waals surface area contributed by atoms with Crippen LogP contribution in [0.5, 0.6) is 0 Å². The van der Waals surface area contributed by atoms with Crippen LogP contribution >= 0.6 is 0 Å². The Labute approximate surface area is 151 Å². The number of nitrogens with zero attached hydrogens (tertiary/aromatic N) is 1. The number of rotatable bonds is 5. The molecule has 0 aliphatic carbocycles. The van der Waals surface area contributed by atoms with E-state index in [0.29, 0.717) is 0 Å². The van der Waals surface area contributed by atoms with Crippen LogP contribution in [0, 0.1) is 0 Å². The summed E-state index contributed by atoms with van der Waals surface area (Å²) in [5.41, 5.74) is -3.83. The highest BCUT2D eigenvalue weighted by molar-refractivity contribution is 7.89. The fourth-order valence-electron chi connectivity index (χ4n) is 2.46. The van der Waals surface area contributed by atoms with Crippen molar-refractivity contribution in [3.8, 4) is 0 Å². The molecule has 0 radical (unpaired) electrons. The van der Waals surface area contributed by atoms with Crippen LogP contribution in [0.25, 0.3) is 0 Å². The minimum Gasteiger partial charge on any atom is -0.467 e. The summed E-state index contributed by atoms with van der Waals surface area (Å²) >= 11 is 0. The van der Waals surface area contributed by atoms with E-state index in [-0.39, 0.29) is 10.7 Å². The van der Waals surface area contributed by atoms with E-state index in [1.165, 1.54) is 46.6 Å². The minimum absolute atomic E-state index is 0.0439. The van der Waals surface area contributed by atoms with Crippen LogP contribution in [-0.2, 0) is 21.4 Å². The normalized spacial score (nSPS) is 20.8. The zero-order valence-corrected chi connectivity index (χ0v) is 14.2. The molecule has 3 amide bonds. The lowest BCUT2D eigenvalue weighted by Crippen LogP contribution is -2.69. The number of sulfonamides is 1. The molecule has 1 aliphatic rings. The number of carbonyl (C=O) groups is 2. The number of hydrogen-bond donors (Lipinski definition) is 2. The first-order chi connectivity index (χ1) is 12.6. The van der Waals surface area contributed by atoms with Crippen molar-refractivity contribution in [2.24, 2.45) is 0 Å². The van der Waals surface area contributed by atoms with Crippen molar-refractivity contribution in [2.45, 2.75) is 23.3 Å². The van der Waals surface area contributed by atoms with Gasteiger partial charge in [0.2, 0.25) is 10.0 Å². The van der Waals surface area contributed by atoms with Gasteiger partial charge in [-0.15, -0.1) is 0 Å². The molecule has 1 unspecified atom stereocenters. The van der Waals surface area contributed by atoms with Gasteiger partial charge in [0.05, 0.1) is 17.7 Å². The number of benzene rings is 1. The number of furan rings is 1. The standard InChI is InChI=1S/C15H12F3N3O5S/c16-15(17,18)14(20-27(24,25)11-6-2-1-3-7-11)12(22)21(13(23)19-14)9-10-5-4-8-26-10/h1-8,20H,9H2,(H,19,23). The van der Waals surface area contributed by atoms with Gasteiger partial charge < -0.3 is 9.73 Å². The molecule has 1 fully saturated rings. The van der Waals surface area contributed by atoms with E-state index in [1.807, 2.05) is 0 Å². The predicted octanol–water partition coefficient (Wildman–Crippen LogP) is 1.57. The quantitative estimate of drug-likeness (QED) is 0.737. The highest BCUT2D eigenvalue weighted by Crippen LogP contribution is 2.35. The van der Waals surface area contributed by atoms with E-state index in [0.717, 1.165) is 12.1 Å². The van der Waals surface area contributed by atoms with Crippen LogP contribution in [-0.4, -0.2) is 37.1 Å². The highest BCUT2D eigenvalue weighted by Gasteiger charge is 2.69. The number of halogens is 3. The number of hydrogen-bond acceptors (Lipinski definition) is 5. The number of carbonyl (C=O) groups excluding carboxylic acids is 2. The molecule has 2 N–H and O–H groups in total. The van der Waals surface area contributed by atoms with Crippen LogP contribution in [0.1, 0.15) is 5.76 Å². The van der Waals surface area contributed by atoms with Gasteiger partial charge in [-0.25, -0.2) is 13.2 Å². The molecule has 2 aromatic rings. The van der Waals surface area contributed by atoms with Crippen molar-refractivity contribution in [3.63, 3.8) is 0 Å². The molecule has 8 nitrogen and oxygen atoms in total. The summed E-state index contributed by atoms with van der Waals surface area (Å²) in [4.78, 5) is 24.2. The number of urea groups is 1. The summed E-state index contributed by atoms with van der Waals surface area (Å²) in [6, 6.07) is 7.52. The first kappa shape index (κ1) is 18.9. The molecular weight excluding hydrogens is 391 g/mol. The van der Waals surface area contributed by atoms with E-state index in [9.17, 15) is 31.2 Å². The largest absolute Gasteiger partial charge is 0.467 e. The van der Waals surface area contributed by atoms with Gasteiger partial charge in [-0.3, -0.25) is 9.69 Å². The summed E-state index contributed by atoms with van der Waals surface area (Å²) in [5.74, 6) is -1.77. The maximum atomic E-state index is 13.7. The van der Waals surface area contributed by atoms with Crippen LogP contribution < -0.4 is 10.0 Å². The highest BCUT2D eigenvalue weighted by atomic mass is 32.2. The molecule has 1 aromatic heterocycles. The lowest BCUT2D eigenvalue weighted by molar-refractivity contribution is -0.198. The van der Waals surface area contributed by atoms with E-state index < -0.39 is 45.2 Å². The van der Waals surface area contributed by atoms with Gasteiger partial charge in [-0.05, 0) is 24.3 Å². The third kappa shape index (κ3) is 3.28. The predicted molar refractivity (Wildman–Crippen MR) is 83.3 cm³/mol. The van der Waals surface area contributed by atoms with E-state index in [2.05, 4.69) is 0 Å². The first-order valence-corrected chi connectivity index (χ1v) is 8.87. The maximum absolute atomic E-state index is 13.7. The summed E-state index contributed by atoms with van der Waals surface area (Å²) in [7, 11) is -4.78. The van der Waals surface area contributed by atoms with Crippen molar-refractivity contribution in [3.05, 3.63) is 54.5 Å². The molecule has 3 rings (SSSR count). The molecule has 1 aromatic carbocycles. The van der Waals surface area contributed by atoms with Crippen LogP contribution in [0.15, 0.2) is 58.0 Å². The maximum Gasteiger partial charge on any atom is 0.435 e. The molecule has 0 saturated carbocycles. The fourth-order valence-corrected chi connectivity index (χ4v) is 3.75. The van der Waals surface area contributed by atoms with Gasteiger partial charge in [0.1, 0.15) is 5.76 Å². The number of alkyl halides is 3. The Hall–Kier alpha value is -2.86. The van der Waals surface area contributed by atoms with Crippen molar-refractivity contribution in [1.29, 1.82) is 0 Å². The Balaban J connectivity index is 1.99. The lowest BCUT2D eigenvalue weighted by atomic mass is 10.1. The van der Waals surface area contributed by atoms with E-state index >= 15 is 0 Å². The topological polar surface area (TPSA) is 109 Å². The molecule has 1 saturated heterocycles. The van der Waals surface area contributed by atoms with Gasteiger partial charge in [-0.1, -0.05) is 18.2 Å². The van der Waals surface area contributed by atoms with Crippen LogP contribution in [0.2, 0.25) is 0 Å². The average Bonchev–Trinajstić information content (AvgIpc) is 3.18. The Kier molecular flexibility index (Phi) is 4.48. The zero-order chi connectivity index (χ0) is 19.9. The Morgan fingerprint density at radius 2 is 1.78 bits per heavy atom. The van der Waals surface area contributed by atoms with Crippen molar-refractivity contribution in [1.82, 2.24) is 14.9 Å². The monoisotopic (exact) mass is 403 g/mol. The van der Waals surface area contributed by atoms with Gasteiger partial charge in [0, 0.05) is 0 Å². The molecule has 1 aliphatic heterocycles. The summed E-state index contributed by atoms with van der Waals surface area (Å²) < 4.78 is 72.1. The summed E-state index contributed by atoms with van der Waals surface area (Å²) in [6.07, 6.45) is -4.23. The third-order valence-corrected chi connectivity index (χ3v) is 5.23. The second kappa shape index (κ2) is 6.39. The molecule has 2 heterocycles. The zero-order valence-electron chi connectivity index (χ0n) is 13.4. The second-order valence-electron chi connectivity index (χ2n) is 5.57. The van der Waals surface area contributed by atoms with Crippen LogP contribution in [0.4, 0.5) is 18.0 Å². The smallest absolute Gasteiger partial charge is 0.435 e. The Bertz CT molecular complexity index is 960. The second-order valence-corrected chi connectivity index (χ2v) is 7.25. The average molecular weight is 403 g/mol. The van der Waals surface area contributed by atoms with Gasteiger partial charge >= 0.3 is 12.2 Å². The Morgan fingerprint density at radius 3 is 2.33 bits per heavy atom. The molecule has 12 heteroatoms. The van der Waals surface area contributed by atoms with Crippen molar-refractivity contribution in [2.75, 3.05) is 0 Å². The summed E-state index contributed by atoms with van der Waals surface area (Å²) in [6.45, 7) is -0.595. The van der Waals surface area contributed by atoms with Crippen molar-refractivity contribution >= 4 is 22.0 Å². The molecule has 1 atom stereocenters. The van der Waals surface area contributed by atoms with Crippen molar-refractivity contribution < 1.29 is 35.6 Å². The fraction of sp³-hybridized carbons (Fsp3) is 0.200. The molecule has 0 spiro atoms.